The highest BCUT2D eigenvalue weighted by Crippen LogP contribution is 2.18. The molecule has 0 aliphatic carbocycles. The molecule has 0 spiro atoms. The first kappa shape index (κ1) is 14.3. The van der Waals surface area contributed by atoms with E-state index in [1.54, 1.807) is 12.1 Å². The van der Waals surface area contributed by atoms with Crippen LogP contribution in [0.25, 0.3) is 10.9 Å². The summed E-state index contributed by atoms with van der Waals surface area (Å²) in [6, 6.07) is 9.15. The van der Waals surface area contributed by atoms with E-state index in [-0.39, 0.29) is 5.91 Å². The van der Waals surface area contributed by atoms with E-state index in [1.165, 1.54) is 6.42 Å². The van der Waals surface area contributed by atoms with Gasteiger partial charge in [0.15, 0.2) is 0 Å². The van der Waals surface area contributed by atoms with Crippen LogP contribution in [0.1, 0.15) is 23.3 Å². The molecule has 1 unspecified atom stereocenters. The zero-order valence-electron chi connectivity index (χ0n) is 11.7. The van der Waals surface area contributed by atoms with Gasteiger partial charge in [-0.05, 0) is 50.0 Å². The summed E-state index contributed by atoms with van der Waals surface area (Å²) in [5.74, 6) is 0.552. The Kier molecular flexibility index (Phi) is 4.36. The summed E-state index contributed by atoms with van der Waals surface area (Å²) in [6.45, 7) is 2.84. The van der Waals surface area contributed by atoms with Gasteiger partial charge in [0.05, 0.1) is 5.52 Å². The van der Waals surface area contributed by atoms with Gasteiger partial charge in [0.2, 0.25) is 0 Å². The molecule has 2 heterocycles. The van der Waals surface area contributed by atoms with Crippen LogP contribution < -0.4 is 10.6 Å². The molecule has 0 radical (unpaired) electrons. The number of carbonyl (C=O) groups excluding carboxylic acids is 1. The van der Waals surface area contributed by atoms with Crippen LogP contribution >= 0.6 is 11.6 Å². The van der Waals surface area contributed by atoms with Crippen molar-refractivity contribution in [3.8, 4) is 0 Å². The second-order valence-corrected chi connectivity index (χ2v) is 5.87. The Hall–Kier alpha value is -1.65. The molecular formula is C16H18ClN3O. The average Bonchev–Trinajstić information content (AvgIpc) is 2.99. The molecule has 1 aromatic heterocycles. The van der Waals surface area contributed by atoms with Crippen LogP contribution in [0, 0.1) is 5.92 Å². The summed E-state index contributed by atoms with van der Waals surface area (Å²) in [4.78, 5) is 16.5. The topological polar surface area (TPSA) is 54.0 Å². The van der Waals surface area contributed by atoms with Gasteiger partial charge in [-0.15, -0.1) is 0 Å². The molecule has 1 saturated heterocycles. The Labute approximate surface area is 128 Å². The molecule has 5 heteroatoms. The van der Waals surface area contributed by atoms with Gasteiger partial charge in [0, 0.05) is 17.0 Å². The molecule has 110 valence electrons. The number of carbonyl (C=O) groups is 1. The standard InChI is InChI=1S/C16H18ClN3O/c17-13-3-1-12-2-4-14(20-15(12)9-13)16(21)19-8-6-11-5-7-18-10-11/h1-4,9,11,18H,5-8,10H2,(H,19,21). The number of hydrogen-bond donors (Lipinski definition) is 2. The van der Waals surface area contributed by atoms with Crippen LogP contribution in [0.4, 0.5) is 0 Å². The zero-order chi connectivity index (χ0) is 14.7. The lowest BCUT2D eigenvalue weighted by molar-refractivity contribution is 0.0947. The molecule has 2 aromatic rings. The van der Waals surface area contributed by atoms with Gasteiger partial charge in [-0.2, -0.15) is 0 Å². The van der Waals surface area contributed by atoms with E-state index < -0.39 is 0 Å². The number of hydrogen-bond acceptors (Lipinski definition) is 3. The third kappa shape index (κ3) is 3.52. The lowest BCUT2D eigenvalue weighted by Gasteiger charge is -2.09. The third-order valence-electron chi connectivity index (χ3n) is 3.89. The van der Waals surface area contributed by atoms with E-state index in [4.69, 9.17) is 11.6 Å². The number of aromatic nitrogens is 1. The fourth-order valence-corrected chi connectivity index (χ4v) is 2.82. The van der Waals surface area contributed by atoms with Crippen molar-refractivity contribution in [2.24, 2.45) is 5.92 Å². The number of halogens is 1. The minimum absolute atomic E-state index is 0.122. The maximum absolute atomic E-state index is 12.1. The summed E-state index contributed by atoms with van der Waals surface area (Å²) >= 11 is 5.96. The highest BCUT2D eigenvalue weighted by Gasteiger charge is 2.14. The highest BCUT2D eigenvalue weighted by atomic mass is 35.5. The molecule has 1 aliphatic heterocycles. The zero-order valence-corrected chi connectivity index (χ0v) is 12.5. The minimum Gasteiger partial charge on any atom is -0.351 e. The predicted octanol–water partition coefficient (Wildman–Crippen LogP) is 2.62. The quantitative estimate of drug-likeness (QED) is 0.913. The van der Waals surface area contributed by atoms with Crippen molar-refractivity contribution >= 4 is 28.4 Å². The fourth-order valence-electron chi connectivity index (χ4n) is 2.66. The van der Waals surface area contributed by atoms with Crippen molar-refractivity contribution < 1.29 is 4.79 Å². The number of fused-ring (bicyclic) bond motifs is 1. The summed E-state index contributed by atoms with van der Waals surface area (Å²) in [7, 11) is 0. The number of rotatable bonds is 4. The van der Waals surface area contributed by atoms with Crippen molar-refractivity contribution in [1.82, 2.24) is 15.6 Å². The molecule has 1 aromatic carbocycles. The van der Waals surface area contributed by atoms with Gasteiger partial charge in [-0.3, -0.25) is 4.79 Å². The molecule has 0 saturated carbocycles. The lowest BCUT2D eigenvalue weighted by Crippen LogP contribution is -2.27. The van der Waals surface area contributed by atoms with E-state index in [1.807, 2.05) is 18.2 Å². The molecule has 1 fully saturated rings. The molecular weight excluding hydrogens is 286 g/mol. The first-order valence-electron chi connectivity index (χ1n) is 7.27. The number of amides is 1. The molecule has 0 bridgehead atoms. The molecule has 4 nitrogen and oxygen atoms in total. The Morgan fingerprint density at radius 2 is 2.24 bits per heavy atom. The van der Waals surface area contributed by atoms with Crippen molar-refractivity contribution in [3.05, 3.63) is 41.0 Å². The average molecular weight is 304 g/mol. The maximum atomic E-state index is 12.1. The van der Waals surface area contributed by atoms with Gasteiger partial charge in [-0.1, -0.05) is 23.7 Å². The van der Waals surface area contributed by atoms with Crippen LogP contribution in [-0.2, 0) is 0 Å². The molecule has 21 heavy (non-hydrogen) atoms. The largest absolute Gasteiger partial charge is 0.351 e. The predicted molar refractivity (Wildman–Crippen MR) is 84.7 cm³/mol. The van der Waals surface area contributed by atoms with Crippen LogP contribution in [0.15, 0.2) is 30.3 Å². The molecule has 3 rings (SSSR count). The number of benzene rings is 1. The van der Waals surface area contributed by atoms with Gasteiger partial charge < -0.3 is 10.6 Å². The monoisotopic (exact) mass is 303 g/mol. The Morgan fingerprint density at radius 1 is 1.38 bits per heavy atom. The molecule has 1 amide bonds. The van der Waals surface area contributed by atoms with E-state index in [0.717, 1.165) is 30.4 Å². The van der Waals surface area contributed by atoms with E-state index in [2.05, 4.69) is 15.6 Å². The SMILES string of the molecule is O=C(NCCC1CCNC1)c1ccc2ccc(Cl)cc2n1. The Bertz CT molecular complexity index is 653. The molecule has 1 aliphatic rings. The minimum atomic E-state index is -0.122. The van der Waals surface area contributed by atoms with Crippen LogP contribution in [-0.4, -0.2) is 30.5 Å². The first-order chi connectivity index (χ1) is 10.2. The Morgan fingerprint density at radius 3 is 3.05 bits per heavy atom. The second kappa shape index (κ2) is 6.41. The second-order valence-electron chi connectivity index (χ2n) is 5.44. The van der Waals surface area contributed by atoms with Crippen molar-refractivity contribution in [1.29, 1.82) is 0 Å². The number of nitrogens with one attached hydrogen (secondary N) is 2. The summed E-state index contributed by atoms with van der Waals surface area (Å²) in [6.07, 6.45) is 2.21. The molecule has 2 N–H and O–H groups in total. The normalized spacial score (nSPS) is 18.0. The van der Waals surface area contributed by atoms with E-state index >= 15 is 0 Å². The van der Waals surface area contributed by atoms with Gasteiger partial charge in [-0.25, -0.2) is 4.98 Å². The highest BCUT2D eigenvalue weighted by molar-refractivity contribution is 6.31. The van der Waals surface area contributed by atoms with Crippen LogP contribution in [0.3, 0.4) is 0 Å². The van der Waals surface area contributed by atoms with Crippen LogP contribution in [0.5, 0.6) is 0 Å². The van der Waals surface area contributed by atoms with Crippen molar-refractivity contribution in [2.75, 3.05) is 19.6 Å². The fraction of sp³-hybridized carbons (Fsp3) is 0.375. The summed E-state index contributed by atoms with van der Waals surface area (Å²) in [5, 5.41) is 7.88. The van der Waals surface area contributed by atoms with E-state index in [0.29, 0.717) is 23.2 Å². The van der Waals surface area contributed by atoms with Gasteiger partial charge in [0.25, 0.3) is 5.91 Å². The Balaban J connectivity index is 1.63. The van der Waals surface area contributed by atoms with Gasteiger partial charge >= 0.3 is 0 Å². The van der Waals surface area contributed by atoms with Crippen molar-refractivity contribution in [3.63, 3.8) is 0 Å². The smallest absolute Gasteiger partial charge is 0.269 e. The molecule has 1 atom stereocenters. The maximum Gasteiger partial charge on any atom is 0.269 e. The first-order valence-corrected chi connectivity index (χ1v) is 7.65. The van der Waals surface area contributed by atoms with E-state index in [9.17, 15) is 4.79 Å². The third-order valence-corrected chi connectivity index (χ3v) is 4.12. The summed E-state index contributed by atoms with van der Waals surface area (Å²) in [5.41, 5.74) is 1.18. The lowest BCUT2D eigenvalue weighted by atomic mass is 10.1. The van der Waals surface area contributed by atoms with Gasteiger partial charge in [0.1, 0.15) is 5.69 Å². The van der Waals surface area contributed by atoms with Crippen molar-refractivity contribution in [2.45, 2.75) is 12.8 Å². The number of nitrogens with zero attached hydrogens (tertiary/aromatic N) is 1. The van der Waals surface area contributed by atoms with Crippen LogP contribution in [0.2, 0.25) is 5.02 Å². The number of pyridine rings is 1. The summed E-state index contributed by atoms with van der Waals surface area (Å²) < 4.78 is 0.